The highest BCUT2D eigenvalue weighted by Crippen LogP contribution is 2.34. The van der Waals surface area contributed by atoms with Crippen LogP contribution in [0.25, 0.3) is 33.5 Å². The molecule has 11 nitrogen and oxygen atoms in total. The summed E-state index contributed by atoms with van der Waals surface area (Å²) in [5.41, 5.74) is 9.05. The molecule has 2 aromatic carbocycles. The standard InChI is InChI=1S/C35H33FN6O5/c1-45-30-9-5-23(16-31(30)46-2)24-15-26(34(37)38-17-24)29-8-10-32(41-40-29)39-35(44)28-20-42(18-21-11-13-47-14-12-21)19-27(33(28)43)22-3-6-25(36)7-4-22/h3-10,15-17,19-21H,11-14,18H2,1-2H3,(H2,37,38)(H,39,41,44). The van der Waals surface area contributed by atoms with Gasteiger partial charge in [0.1, 0.15) is 17.2 Å². The molecule has 1 saturated heterocycles. The molecule has 0 aliphatic carbocycles. The summed E-state index contributed by atoms with van der Waals surface area (Å²) < 4.78 is 31.8. The average Bonchev–Trinajstić information content (AvgIpc) is 3.10. The Balaban J connectivity index is 1.26. The monoisotopic (exact) mass is 636 g/mol. The van der Waals surface area contributed by atoms with Gasteiger partial charge in [-0.05, 0) is 72.4 Å². The molecule has 0 saturated carbocycles. The number of anilines is 2. The Labute approximate surface area is 270 Å². The van der Waals surface area contributed by atoms with Gasteiger partial charge in [0, 0.05) is 55.0 Å². The molecule has 0 atom stereocenters. The number of carbonyl (C=O) groups is 1. The summed E-state index contributed by atoms with van der Waals surface area (Å²) in [7, 11) is 3.13. The second kappa shape index (κ2) is 13.8. The zero-order chi connectivity index (χ0) is 32.9. The summed E-state index contributed by atoms with van der Waals surface area (Å²) in [5.74, 6) is 0.835. The Morgan fingerprint density at radius 3 is 2.38 bits per heavy atom. The van der Waals surface area contributed by atoms with Crippen LogP contribution in [0.3, 0.4) is 0 Å². The van der Waals surface area contributed by atoms with E-state index < -0.39 is 17.2 Å². The molecule has 1 aliphatic rings. The summed E-state index contributed by atoms with van der Waals surface area (Å²) >= 11 is 0. The van der Waals surface area contributed by atoms with Crippen molar-refractivity contribution in [3.63, 3.8) is 0 Å². The first-order valence-electron chi connectivity index (χ1n) is 15.0. The first-order valence-corrected chi connectivity index (χ1v) is 15.0. The normalized spacial score (nSPS) is 13.3. The molecular formula is C35H33FN6O5. The lowest BCUT2D eigenvalue weighted by Gasteiger charge is -2.23. The number of amides is 1. The Morgan fingerprint density at radius 2 is 1.68 bits per heavy atom. The van der Waals surface area contributed by atoms with Crippen molar-refractivity contribution in [1.82, 2.24) is 19.7 Å². The number of ether oxygens (including phenoxy) is 3. The fourth-order valence-electron chi connectivity index (χ4n) is 5.54. The SMILES string of the molecule is COc1ccc(-c2cnc(N)c(-c3ccc(NC(=O)c4cn(CC5CCOCC5)cc(-c5ccc(F)cc5)c4=O)nn3)c2)cc1OC. The minimum Gasteiger partial charge on any atom is -0.493 e. The highest BCUT2D eigenvalue weighted by Gasteiger charge is 2.20. The molecule has 1 fully saturated rings. The molecular weight excluding hydrogens is 603 g/mol. The van der Waals surface area contributed by atoms with E-state index in [1.165, 1.54) is 24.3 Å². The third-order valence-electron chi connectivity index (χ3n) is 8.11. The van der Waals surface area contributed by atoms with E-state index in [-0.39, 0.29) is 17.2 Å². The van der Waals surface area contributed by atoms with Crippen molar-refractivity contribution in [3.8, 4) is 45.0 Å². The third kappa shape index (κ3) is 6.97. The number of nitrogens with zero attached hydrogens (tertiary/aromatic N) is 4. The van der Waals surface area contributed by atoms with Gasteiger partial charge in [-0.3, -0.25) is 9.59 Å². The van der Waals surface area contributed by atoms with Crippen LogP contribution in [0.1, 0.15) is 23.2 Å². The maximum absolute atomic E-state index is 13.7. The Morgan fingerprint density at radius 1 is 0.936 bits per heavy atom. The van der Waals surface area contributed by atoms with E-state index in [9.17, 15) is 14.0 Å². The number of nitrogens with one attached hydrogen (secondary N) is 1. The molecule has 0 spiro atoms. The van der Waals surface area contributed by atoms with Gasteiger partial charge >= 0.3 is 0 Å². The van der Waals surface area contributed by atoms with Crippen molar-refractivity contribution in [1.29, 1.82) is 0 Å². The number of carbonyl (C=O) groups excluding carboxylic acids is 1. The minimum absolute atomic E-state index is 0.0687. The number of halogens is 1. The summed E-state index contributed by atoms with van der Waals surface area (Å²) in [4.78, 5) is 31.4. The lowest BCUT2D eigenvalue weighted by atomic mass is 9.99. The van der Waals surface area contributed by atoms with Crippen molar-refractivity contribution in [2.45, 2.75) is 19.4 Å². The fourth-order valence-corrected chi connectivity index (χ4v) is 5.54. The van der Waals surface area contributed by atoms with Gasteiger partial charge in [0.2, 0.25) is 5.43 Å². The highest BCUT2D eigenvalue weighted by atomic mass is 19.1. The topological polar surface area (TPSA) is 143 Å². The Kier molecular flexibility index (Phi) is 9.20. The summed E-state index contributed by atoms with van der Waals surface area (Å²) in [6, 6.07) is 16.2. The number of hydrogen-bond acceptors (Lipinski definition) is 9. The highest BCUT2D eigenvalue weighted by molar-refractivity contribution is 6.04. The van der Waals surface area contributed by atoms with Crippen LogP contribution in [0.5, 0.6) is 11.5 Å². The van der Waals surface area contributed by atoms with E-state index in [0.29, 0.717) is 59.6 Å². The number of nitrogen functional groups attached to an aromatic ring is 1. The quantitative estimate of drug-likeness (QED) is 0.216. The minimum atomic E-state index is -0.640. The molecule has 47 heavy (non-hydrogen) atoms. The van der Waals surface area contributed by atoms with E-state index >= 15 is 0 Å². The van der Waals surface area contributed by atoms with E-state index in [1.807, 2.05) is 22.8 Å². The first kappa shape index (κ1) is 31.4. The van der Waals surface area contributed by atoms with Crippen LogP contribution in [0.15, 0.2) is 84.0 Å². The number of pyridine rings is 2. The molecule has 3 N–H and O–H groups in total. The van der Waals surface area contributed by atoms with Crippen molar-refractivity contribution in [2.75, 3.05) is 38.5 Å². The van der Waals surface area contributed by atoms with Crippen molar-refractivity contribution >= 4 is 17.5 Å². The molecule has 240 valence electrons. The zero-order valence-electron chi connectivity index (χ0n) is 25.9. The van der Waals surface area contributed by atoms with Gasteiger partial charge in [0.25, 0.3) is 5.91 Å². The van der Waals surface area contributed by atoms with Crippen LogP contribution in [0, 0.1) is 11.7 Å². The van der Waals surface area contributed by atoms with Gasteiger partial charge in [-0.1, -0.05) is 18.2 Å². The maximum Gasteiger partial charge on any atom is 0.262 e. The van der Waals surface area contributed by atoms with Gasteiger partial charge < -0.3 is 29.8 Å². The summed E-state index contributed by atoms with van der Waals surface area (Å²) in [6.07, 6.45) is 6.66. The largest absolute Gasteiger partial charge is 0.493 e. The number of methoxy groups -OCH3 is 2. The molecule has 1 amide bonds. The second-order valence-electron chi connectivity index (χ2n) is 11.2. The number of hydrogen-bond donors (Lipinski definition) is 2. The Bertz CT molecular complexity index is 1960. The molecule has 5 aromatic rings. The van der Waals surface area contributed by atoms with Crippen LogP contribution in [0.4, 0.5) is 16.0 Å². The molecule has 4 heterocycles. The second-order valence-corrected chi connectivity index (χ2v) is 11.2. The molecule has 12 heteroatoms. The van der Waals surface area contributed by atoms with Gasteiger partial charge in [0.15, 0.2) is 17.3 Å². The van der Waals surface area contributed by atoms with Crippen LogP contribution in [-0.2, 0) is 11.3 Å². The first-order chi connectivity index (χ1) is 22.8. The smallest absolute Gasteiger partial charge is 0.262 e. The van der Waals surface area contributed by atoms with E-state index in [4.69, 9.17) is 19.9 Å². The van der Waals surface area contributed by atoms with Gasteiger partial charge in [-0.25, -0.2) is 9.37 Å². The predicted octanol–water partition coefficient (Wildman–Crippen LogP) is 5.45. The van der Waals surface area contributed by atoms with Gasteiger partial charge in [0.05, 0.1) is 19.9 Å². The van der Waals surface area contributed by atoms with Crippen molar-refractivity contribution < 1.29 is 23.4 Å². The van der Waals surface area contributed by atoms with Crippen LogP contribution >= 0.6 is 0 Å². The maximum atomic E-state index is 13.7. The van der Waals surface area contributed by atoms with Crippen molar-refractivity contribution in [2.24, 2.45) is 5.92 Å². The molecule has 1 aliphatic heterocycles. The number of benzene rings is 2. The lowest BCUT2D eigenvalue weighted by molar-refractivity contribution is 0.0612. The molecule has 0 unspecified atom stereocenters. The van der Waals surface area contributed by atoms with Crippen LogP contribution in [0.2, 0.25) is 0 Å². The number of aromatic nitrogens is 4. The molecule has 0 radical (unpaired) electrons. The Hall–Kier alpha value is -5.62. The molecule has 0 bridgehead atoms. The van der Waals surface area contributed by atoms with Gasteiger partial charge in [-0.15, -0.1) is 10.2 Å². The van der Waals surface area contributed by atoms with Crippen molar-refractivity contribution in [3.05, 3.63) is 101 Å². The van der Waals surface area contributed by atoms with E-state index in [2.05, 4.69) is 20.5 Å². The fraction of sp³-hybridized carbons (Fsp3) is 0.229. The predicted molar refractivity (Wildman–Crippen MR) is 176 cm³/mol. The van der Waals surface area contributed by atoms with Crippen LogP contribution in [-0.4, -0.2) is 53.1 Å². The lowest BCUT2D eigenvalue weighted by Crippen LogP contribution is -2.27. The number of nitrogens with two attached hydrogens (primary N) is 1. The molecule has 6 rings (SSSR count). The zero-order valence-corrected chi connectivity index (χ0v) is 25.9. The molecule has 3 aromatic heterocycles. The van der Waals surface area contributed by atoms with Crippen LogP contribution < -0.4 is 26.0 Å². The number of rotatable bonds is 9. The summed E-state index contributed by atoms with van der Waals surface area (Å²) in [6.45, 7) is 1.93. The van der Waals surface area contributed by atoms with Gasteiger partial charge in [-0.2, -0.15) is 0 Å². The summed E-state index contributed by atoms with van der Waals surface area (Å²) in [5, 5.41) is 11.2. The average molecular weight is 637 g/mol. The third-order valence-corrected chi connectivity index (χ3v) is 8.11. The van der Waals surface area contributed by atoms with E-state index in [1.54, 1.807) is 51.0 Å². The van der Waals surface area contributed by atoms with E-state index in [0.717, 1.165) is 24.0 Å².